The van der Waals surface area contributed by atoms with Crippen molar-refractivity contribution in [1.29, 1.82) is 0 Å². The van der Waals surface area contributed by atoms with E-state index in [1.54, 1.807) is 18.2 Å². The summed E-state index contributed by atoms with van der Waals surface area (Å²) in [6, 6.07) is 5.20. The number of hydrogen-bond donors (Lipinski definition) is 2. The minimum absolute atomic E-state index is 0.103. The van der Waals surface area contributed by atoms with Crippen molar-refractivity contribution in [2.24, 2.45) is 0 Å². The smallest absolute Gasteiger partial charge is 0.328 e. The molecule has 0 aliphatic rings. The molecule has 4 nitrogen and oxygen atoms in total. The molecule has 0 fully saturated rings. The second-order valence-electron chi connectivity index (χ2n) is 4.00. The van der Waals surface area contributed by atoms with E-state index in [4.69, 9.17) is 5.11 Å². The molecule has 0 unspecified atom stereocenters. The van der Waals surface area contributed by atoms with Gasteiger partial charge in [0.2, 0.25) is 0 Å². The van der Waals surface area contributed by atoms with E-state index < -0.39 is 5.97 Å². The van der Waals surface area contributed by atoms with Crippen LogP contribution in [0.2, 0.25) is 0 Å². The number of carboxylic acids is 1. The van der Waals surface area contributed by atoms with Crippen LogP contribution in [0.4, 0.5) is 0 Å². The zero-order valence-electron chi connectivity index (χ0n) is 10.6. The quantitative estimate of drug-likeness (QED) is 0.784. The van der Waals surface area contributed by atoms with E-state index in [1.807, 2.05) is 13.8 Å². The van der Waals surface area contributed by atoms with Gasteiger partial charge in [-0.25, -0.2) is 4.79 Å². The van der Waals surface area contributed by atoms with Gasteiger partial charge in [-0.1, -0.05) is 13.0 Å². The minimum atomic E-state index is -0.987. The van der Waals surface area contributed by atoms with Crippen LogP contribution in [0.15, 0.2) is 24.3 Å². The Bertz CT molecular complexity index is 478. The van der Waals surface area contributed by atoms with Crippen LogP contribution in [0, 0.1) is 6.92 Å². The van der Waals surface area contributed by atoms with Crippen LogP contribution in [-0.2, 0) is 4.79 Å². The predicted octanol–water partition coefficient (Wildman–Crippen LogP) is 2.23. The maximum Gasteiger partial charge on any atom is 0.328 e. The highest BCUT2D eigenvalue weighted by atomic mass is 16.4. The maximum atomic E-state index is 11.7. The summed E-state index contributed by atoms with van der Waals surface area (Å²) in [5.41, 5.74) is 2.26. The number of amides is 1. The Morgan fingerprint density at radius 2 is 2.11 bits per heavy atom. The third kappa shape index (κ3) is 4.05. The van der Waals surface area contributed by atoms with Crippen molar-refractivity contribution in [1.82, 2.24) is 5.32 Å². The molecular formula is C14H17NO3. The fraction of sp³-hybridized carbons (Fsp3) is 0.286. The normalized spacial score (nSPS) is 10.6. The van der Waals surface area contributed by atoms with Crippen LogP contribution < -0.4 is 5.32 Å². The average molecular weight is 247 g/mol. The van der Waals surface area contributed by atoms with Gasteiger partial charge in [0.15, 0.2) is 0 Å². The Morgan fingerprint density at radius 3 is 2.67 bits per heavy atom. The number of benzene rings is 1. The maximum absolute atomic E-state index is 11.7. The van der Waals surface area contributed by atoms with Crippen molar-refractivity contribution >= 4 is 18.0 Å². The summed E-state index contributed by atoms with van der Waals surface area (Å²) >= 11 is 0. The number of aryl methyl sites for hydroxylation is 1. The Morgan fingerprint density at radius 1 is 1.39 bits per heavy atom. The van der Waals surface area contributed by atoms with Gasteiger partial charge in [0.05, 0.1) is 0 Å². The number of carbonyl (C=O) groups is 2. The molecule has 18 heavy (non-hydrogen) atoms. The van der Waals surface area contributed by atoms with Crippen LogP contribution in [0.25, 0.3) is 6.08 Å². The lowest BCUT2D eigenvalue weighted by Crippen LogP contribution is -2.23. The average Bonchev–Trinajstić information content (AvgIpc) is 2.34. The molecule has 0 saturated carbocycles. The first-order chi connectivity index (χ1) is 8.54. The van der Waals surface area contributed by atoms with E-state index in [0.717, 1.165) is 23.6 Å². The van der Waals surface area contributed by atoms with Crippen molar-refractivity contribution < 1.29 is 14.7 Å². The molecule has 1 aromatic rings. The molecule has 0 atom stereocenters. The fourth-order valence-corrected chi connectivity index (χ4v) is 1.51. The molecule has 0 aliphatic heterocycles. The molecule has 1 amide bonds. The molecule has 0 aromatic heterocycles. The predicted molar refractivity (Wildman–Crippen MR) is 70.5 cm³/mol. The lowest BCUT2D eigenvalue weighted by molar-refractivity contribution is -0.131. The van der Waals surface area contributed by atoms with Gasteiger partial charge in [-0.2, -0.15) is 0 Å². The topological polar surface area (TPSA) is 66.4 Å². The number of carboxylic acid groups (broad SMARTS) is 1. The number of hydrogen-bond acceptors (Lipinski definition) is 2. The monoisotopic (exact) mass is 247 g/mol. The highest BCUT2D eigenvalue weighted by Crippen LogP contribution is 2.13. The molecule has 2 N–H and O–H groups in total. The van der Waals surface area contributed by atoms with Gasteiger partial charge in [-0.15, -0.1) is 0 Å². The molecule has 1 aromatic carbocycles. The standard InChI is InChI=1S/C14H17NO3/c1-3-8-15-14(18)12-5-4-11(10(2)9-12)6-7-13(16)17/h4-7,9H,3,8H2,1-2H3,(H,15,18)(H,16,17)/b7-6+. The van der Waals surface area contributed by atoms with Crippen molar-refractivity contribution in [2.45, 2.75) is 20.3 Å². The lowest BCUT2D eigenvalue weighted by Gasteiger charge is -2.06. The molecule has 1 rings (SSSR count). The Labute approximate surface area is 106 Å². The Balaban J connectivity index is 2.85. The molecule has 0 spiro atoms. The van der Waals surface area contributed by atoms with Crippen LogP contribution in [0.5, 0.6) is 0 Å². The van der Waals surface area contributed by atoms with Gasteiger partial charge in [0.1, 0.15) is 0 Å². The first-order valence-corrected chi connectivity index (χ1v) is 5.84. The fourth-order valence-electron chi connectivity index (χ4n) is 1.51. The first-order valence-electron chi connectivity index (χ1n) is 5.84. The summed E-state index contributed by atoms with van der Waals surface area (Å²) in [7, 11) is 0. The number of nitrogens with one attached hydrogen (secondary N) is 1. The van der Waals surface area contributed by atoms with Gasteiger partial charge in [-0.3, -0.25) is 4.79 Å². The molecular weight excluding hydrogens is 230 g/mol. The molecule has 96 valence electrons. The molecule has 0 aliphatic carbocycles. The van der Waals surface area contributed by atoms with E-state index in [1.165, 1.54) is 6.08 Å². The molecule has 0 bridgehead atoms. The minimum Gasteiger partial charge on any atom is -0.478 e. The Hall–Kier alpha value is -2.10. The van der Waals surface area contributed by atoms with Gasteiger partial charge in [0, 0.05) is 18.2 Å². The zero-order valence-corrected chi connectivity index (χ0v) is 10.6. The summed E-state index contributed by atoms with van der Waals surface area (Å²) in [5.74, 6) is -1.09. The number of rotatable bonds is 5. The van der Waals surface area contributed by atoms with E-state index in [9.17, 15) is 9.59 Å². The summed E-state index contributed by atoms with van der Waals surface area (Å²) in [6.45, 7) is 4.49. The lowest BCUT2D eigenvalue weighted by atomic mass is 10.0. The Kier molecular flexibility index (Phi) is 5.11. The number of aliphatic carboxylic acids is 1. The highest BCUT2D eigenvalue weighted by Gasteiger charge is 2.05. The van der Waals surface area contributed by atoms with Gasteiger partial charge < -0.3 is 10.4 Å². The summed E-state index contributed by atoms with van der Waals surface area (Å²) in [4.78, 5) is 22.1. The van der Waals surface area contributed by atoms with E-state index in [0.29, 0.717) is 12.1 Å². The van der Waals surface area contributed by atoms with Crippen LogP contribution in [0.1, 0.15) is 34.8 Å². The molecule has 0 saturated heterocycles. The molecule has 4 heteroatoms. The summed E-state index contributed by atoms with van der Waals surface area (Å²) in [6.07, 6.45) is 3.49. The van der Waals surface area contributed by atoms with Crippen molar-refractivity contribution in [2.75, 3.05) is 6.54 Å². The SMILES string of the molecule is CCCNC(=O)c1ccc(/C=C/C(=O)O)c(C)c1. The zero-order chi connectivity index (χ0) is 13.5. The summed E-state index contributed by atoms with van der Waals surface area (Å²) < 4.78 is 0. The highest BCUT2D eigenvalue weighted by molar-refractivity contribution is 5.95. The number of carbonyl (C=O) groups excluding carboxylic acids is 1. The third-order valence-corrected chi connectivity index (χ3v) is 2.47. The van der Waals surface area contributed by atoms with Crippen LogP contribution >= 0.6 is 0 Å². The van der Waals surface area contributed by atoms with Crippen LogP contribution in [0.3, 0.4) is 0 Å². The van der Waals surface area contributed by atoms with E-state index in [-0.39, 0.29) is 5.91 Å². The van der Waals surface area contributed by atoms with Gasteiger partial charge in [0.25, 0.3) is 5.91 Å². The van der Waals surface area contributed by atoms with E-state index >= 15 is 0 Å². The van der Waals surface area contributed by atoms with Crippen molar-refractivity contribution in [3.63, 3.8) is 0 Å². The van der Waals surface area contributed by atoms with Gasteiger partial charge >= 0.3 is 5.97 Å². The second-order valence-corrected chi connectivity index (χ2v) is 4.00. The van der Waals surface area contributed by atoms with Crippen molar-refractivity contribution in [3.8, 4) is 0 Å². The van der Waals surface area contributed by atoms with Crippen molar-refractivity contribution in [3.05, 3.63) is 41.0 Å². The van der Waals surface area contributed by atoms with Crippen LogP contribution in [-0.4, -0.2) is 23.5 Å². The van der Waals surface area contributed by atoms with Gasteiger partial charge in [-0.05, 0) is 42.7 Å². The molecule has 0 radical (unpaired) electrons. The second kappa shape index (κ2) is 6.59. The molecule has 0 heterocycles. The summed E-state index contributed by atoms with van der Waals surface area (Å²) in [5, 5.41) is 11.3. The third-order valence-electron chi connectivity index (χ3n) is 2.47. The first kappa shape index (κ1) is 14.0. The largest absolute Gasteiger partial charge is 0.478 e. The van der Waals surface area contributed by atoms with E-state index in [2.05, 4.69) is 5.32 Å².